The summed E-state index contributed by atoms with van der Waals surface area (Å²) in [4.78, 5) is 27.2. The summed E-state index contributed by atoms with van der Waals surface area (Å²) in [5, 5.41) is 24.7. The van der Waals surface area contributed by atoms with Crippen LogP contribution >= 0.6 is 161 Å². The standard InChI is InChI=1S/C16H23ClN4OSi.C15H23ClIN3OSi.C13H17Cl2IN2OSi.C7H3Cl2IN2.C7H4Cl2N2/c1-5-19-13-8-14(17)20-16-15(13)12(9-18)10-21(16)11-22-6-7-23(2,3)4;1-5-18-12-8-13(16)19-15-14(12)11(17)9-20(15)10-21-6-7-22(2,3)4;1-20(2,3)5-4-19-8-18-7-10(16)12-9(14)6-11(15)17-13(12)18;8-3-1-5(9)12-7-6(3)4(10)2-11-7;8-5-3-6(9)11-7-4(5)1-2-10-7/h8,10H,5-7,11H2,1-4H3,(H,19,20);8-9H,5-7,10H2,1-4H3,(H,18,19);6-7H,4-5,8H2,1-3H3;1-2H,(H,11,12);1-3H,(H,10,11). The van der Waals surface area contributed by atoms with Gasteiger partial charge in [0, 0.05) is 116 Å². The van der Waals surface area contributed by atoms with E-state index in [-0.39, 0.29) is 0 Å². The predicted molar refractivity (Wildman–Crippen MR) is 405 cm³/mol. The maximum atomic E-state index is 9.40. The van der Waals surface area contributed by atoms with Crippen LogP contribution in [-0.2, 0) is 34.4 Å². The van der Waals surface area contributed by atoms with Crippen molar-refractivity contribution in [2.45, 2.75) is 111 Å². The Kier molecular flexibility index (Phi) is 28.9. The first-order chi connectivity index (χ1) is 41.4. The lowest BCUT2D eigenvalue weighted by atomic mass is 10.2. The Morgan fingerprint density at radius 1 is 0.500 bits per heavy atom. The van der Waals surface area contributed by atoms with Gasteiger partial charge in [-0.15, -0.1) is 0 Å². The van der Waals surface area contributed by atoms with Crippen LogP contribution in [0.3, 0.4) is 0 Å². The lowest BCUT2D eigenvalue weighted by molar-refractivity contribution is 0.0897. The zero-order valence-corrected chi connectivity index (χ0v) is 66.1. The Morgan fingerprint density at radius 2 is 0.898 bits per heavy atom. The minimum Gasteiger partial charge on any atom is -0.385 e. The van der Waals surface area contributed by atoms with E-state index < -0.39 is 24.2 Å². The van der Waals surface area contributed by atoms with Crippen LogP contribution in [0.4, 0.5) is 11.4 Å². The maximum absolute atomic E-state index is 9.40. The van der Waals surface area contributed by atoms with E-state index in [4.69, 9.17) is 107 Å². The fourth-order valence-corrected chi connectivity index (χ4v) is 15.3. The second-order valence-electron chi connectivity index (χ2n) is 23.6. The van der Waals surface area contributed by atoms with Gasteiger partial charge in [0.1, 0.15) is 80.3 Å². The molecule has 0 atom stereocenters. The van der Waals surface area contributed by atoms with E-state index >= 15 is 0 Å². The highest BCUT2D eigenvalue weighted by Gasteiger charge is 2.20. The van der Waals surface area contributed by atoms with Gasteiger partial charge in [-0.05, 0) is 136 Å². The van der Waals surface area contributed by atoms with Gasteiger partial charge in [0.05, 0.1) is 42.2 Å². The van der Waals surface area contributed by atoms with Gasteiger partial charge < -0.3 is 48.5 Å². The topological polar surface area (TPSA) is 186 Å². The summed E-state index contributed by atoms with van der Waals surface area (Å²) in [6, 6.07) is 16.1. The fourth-order valence-electron chi connectivity index (χ4n) is 8.28. The molecule has 0 fully saturated rings. The third kappa shape index (κ3) is 22.1. The Morgan fingerprint density at radius 3 is 1.38 bits per heavy atom. The summed E-state index contributed by atoms with van der Waals surface area (Å²) in [6.07, 6.45) is 9.47. The fraction of sp³-hybridized carbons (Fsp3) is 0.379. The quantitative estimate of drug-likeness (QED) is 0.0261. The van der Waals surface area contributed by atoms with Gasteiger partial charge in [-0.3, -0.25) is 0 Å². The highest BCUT2D eigenvalue weighted by molar-refractivity contribution is 14.1. The molecular formula is C58H70Cl8I3N13O3Si3. The largest absolute Gasteiger partial charge is 0.385 e. The number of nitriles is 1. The number of ether oxygens (including phenoxy) is 3. The number of nitrogens with one attached hydrogen (secondary N) is 4. The first kappa shape index (κ1) is 74.6. The number of aromatic amines is 2. The molecule has 10 rings (SSSR count). The van der Waals surface area contributed by atoms with Crippen LogP contribution in [0.2, 0.25) is 118 Å². The molecule has 0 aromatic carbocycles. The van der Waals surface area contributed by atoms with Crippen molar-refractivity contribution in [2.24, 2.45) is 0 Å². The van der Waals surface area contributed by atoms with Gasteiger partial charge in [0.25, 0.3) is 0 Å². The Balaban J connectivity index is 0.000000180. The zero-order chi connectivity index (χ0) is 64.8. The third-order valence-electron chi connectivity index (χ3n) is 12.7. The normalized spacial score (nSPS) is 11.7. The molecule has 10 heterocycles. The lowest BCUT2D eigenvalue weighted by Crippen LogP contribution is -2.22. The third-order valence-corrected chi connectivity index (χ3v) is 22.2. The molecule has 0 aliphatic carbocycles. The summed E-state index contributed by atoms with van der Waals surface area (Å²) in [5.41, 5.74) is 6.23. The lowest BCUT2D eigenvalue weighted by Gasteiger charge is -2.15. The molecule has 0 aliphatic heterocycles. The number of hydrogen-bond acceptors (Lipinski definition) is 11. The minimum atomic E-state index is -1.11. The SMILES string of the molecule is CCNc1cc(Cl)nc2c1c(C#N)cn2COCC[Si](C)(C)C.CCNc1cc(Cl)nc2c1c(I)cn2COCC[Si](C)(C)C.C[Si](C)(C)CCOCn1cc(I)c2c(Cl)cc(Cl)nc21.Clc1cc(Cl)c2c(I)c[nH]c2n1.Clc1cc(Cl)c2cc[nH]c2n1. The van der Waals surface area contributed by atoms with Gasteiger partial charge in [0.15, 0.2) is 0 Å². The van der Waals surface area contributed by atoms with Crippen LogP contribution in [-0.4, -0.2) is 106 Å². The van der Waals surface area contributed by atoms with Gasteiger partial charge in [-0.2, -0.15) is 5.26 Å². The number of halogens is 11. The molecule has 16 nitrogen and oxygen atoms in total. The number of H-pyrrole nitrogens is 2. The summed E-state index contributed by atoms with van der Waals surface area (Å²) in [6.45, 7) is 30.4. The highest BCUT2D eigenvalue weighted by Crippen LogP contribution is 2.35. The molecule has 30 heteroatoms. The molecule has 474 valence electrons. The van der Waals surface area contributed by atoms with Crippen molar-refractivity contribution in [1.29, 1.82) is 5.26 Å². The van der Waals surface area contributed by atoms with E-state index in [0.29, 0.717) is 72.2 Å². The van der Waals surface area contributed by atoms with E-state index in [1.807, 2.05) is 45.2 Å². The van der Waals surface area contributed by atoms with Crippen molar-refractivity contribution in [1.82, 2.24) is 48.6 Å². The number of rotatable bonds is 19. The van der Waals surface area contributed by atoms with E-state index in [9.17, 15) is 5.26 Å². The summed E-state index contributed by atoms with van der Waals surface area (Å²) in [7, 11) is -3.22. The van der Waals surface area contributed by atoms with Crippen molar-refractivity contribution in [3.8, 4) is 6.07 Å². The number of anilines is 2. The Labute approximate surface area is 597 Å². The Bertz CT molecular complexity index is 4030. The number of fused-ring (bicyclic) bond motifs is 5. The molecule has 0 bridgehead atoms. The average Bonchev–Trinajstić information content (AvgIpc) is 2.79. The predicted octanol–water partition coefficient (Wildman–Crippen LogP) is 20.9. The van der Waals surface area contributed by atoms with Crippen molar-refractivity contribution < 1.29 is 14.2 Å². The second-order valence-corrected chi connectivity index (χ2v) is 47.1. The monoisotopic (exact) mass is 1740 g/mol. The summed E-state index contributed by atoms with van der Waals surface area (Å²) >= 11 is 54.5. The van der Waals surface area contributed by atoms with Crippen molar-refractivity contribution in [3.05, 3.63) is 124 Å². The van der Waals surface area contributed by atoms with Crippen LogP contribution in [0.15, 0.2) is 67.4 Å². The second kappa shape index (κ2) is 34.1. The number of hydrogen-bond donors (Lipinski definition) is 4. The molecule has 0 unspecified atom stereocenters. The van der Waals surface area contributed by atoms with E-state index in [2.05, 4.69) is 191 Å². The molecule has 0 aliphatic rings. The summed E-state index contributed by atoms with van der Waals surface area (Å²) < 4.78 is 26.5. The van der Waals surface area contributed by atoms with Gasteiger partial charge >= 0.3 is 0 Å². The molecule has 0 saturated heterocycles. The zero-order valence-electron chi connectivity index (χ0n) is 50.5. The maximum Gasteiger partial charge on any atom is 0.147 e. The van der Waals surface area contributed by atoms with E-state index in [1.165, 1.54) is 6.04 Å². The molecular weight excluding hydrogens is 1680 g/mol. The van der Waals surface area contributed by atoms with Gasteiger partial charge in [0.2, 0.25) is 0 Å². The number of pyridine rings is 5. The van der Waals surface area contributed by atoms with Crippen LogP contribution in [0.25, 0.3) is 55.2 Å². The van der Waals surface area contributed by atoms with Crippen molar-refractivity contribution >= 4 is 251 Å². The first-order valence-electron chi connectivity index (χ1n) is 27.8. The van der Waals surface area contributed by atoms with Crippen LogP contribution < -0.4 is 10.6 Å². The van der Waals surface area contributed by atoms with Gasteiger partial charge in [-0.1, -0.05) is 152 Å². The molecule has 10 aromatic rings. The van der Waals surface area contributed by atoms with E-state index in [1.54, 1.807) is 36.7 Å². The van der Waals surface area contributed by atoms with Crippen molar-refractivity contribution in [3.63, 3.8) is 0 Å². The molecule has 88 heavy (non-hydrogen) atoms. The van der Waals surface area contributed by atoms with Crippen molar-refractivity contribution in [2.75, 3.05) is 43.5 Å². The molecule has 0 amide bonds. The molecule has 4 N–H and O–H groups in total. The molecule has 0 spiro atoms. The molecule has 10 aromatic heterocycles. The summed E-state index contributed by atoms with van der Waals surface area (Å²) in [5.74, 6) is 0. The average molecular weight is 1750 g/mol. The number of aromatic nitrogens is 10. The van der Waals surface area contributed by atoms with Crippen LogP contribution in [0, 0.1) is 22.0 Å². The highest BCUT2D eigenvalue weighted by atomic mass is 127. The van der Waals surface area contributed by atoms with Crippen LogP contribution in [0.1, 0.15) is 19.4 Å². The van der Waals surface area contributed by atoms with Crippen LogP contribution in [0.5, 0.6) is 0 Å². The van der Waals surface area contributed by atoms with Gasteiger partial charge in [-0.25, -0.2) is 24.9 Å². The molecule has 0 radical (unpaired) electrons. The molecule has 0 saturated carbocycles. The smallest absolute Gasteiger partial charge is 0.147 e. The first-order valence-corrected chi connectivity index (χ1v) is 45.2. The number of nitrogens with zero attached hydrogens (tertiary/aromatic N) is 9. The minimum absolute atomic E-state index is 0.377. The Hall–Kier alpha value is -2.42. The van der Waals surface area contributed by atoms with E-state index in [0.717, 1.165) is 117 Å².